The number of nitrogens with zero attached hydrogens (tertiary/aromatic N) is 3. The second kappa shape index (κ2) is 13.5. The highest BCUT2D eigenvalue weighted by Crippen LogP contribution is 2.44. The molecule has 0 amide bonds. The highest BCUT2D eigenvalue weighted by molar-refractivity contribution is 8.25. The van der Waals surface area contributed by atoms with Crippen molar-refractivity contribution in [1.29, 1.82) is 0 Å². The van der Waals surface area contributed by atoms with E-state index in [2.05, 4.69) is 204 Å². The van der Waals surface area contributed by atoms with Gasteiger partial charge in [0, 0.05) is 45.5 Å². The van der Waals surface area contributed by atoms with Gasteiger partial charge in [0.05, 0.1) is 16.6 Å². The molecule has 0 spiro atoms. The number of aryl methyl sites for hydroxylation is 1. The molecule has 0 saturated carbocycles. The van der Waals surface area contributed by atoms with Crippen LogP contribution in [0.5, 0.6) is 0 Å². The standard InChI is InChI=1S/C55H36N3PS/c1-35-10-9-15-44(28-35)59(60,43-13-3-2-4-14-43)45-24-20-38-29-37(18-19-39(38)30-45)40-23-27-52-49(31-40)54-47-17-8-5-11-36(47)21-25-48(54)55-57-51-26-22-41(32-53(51)58(52)55)50-34-56-33-42-12-6-7-16-46(42)50/h2-34H,1H3. The lowest BCUT2D eigenvalue weighted by Crippen LogP contribution is -2.25. The van der Waals surface area contributed by atoms with E-state index in [1.807, 2.05) is 12.4 Å². The fourth-order valence-electron chi connectivity index (χ4n) is 9.39. The van der Waals surface area contributed by atoms with Gasteiger partial charge in [-0.15, -0.1) is 0 Å². The van der Waals surface area contributed by atoms with Crippen molar-refractivity contribution in [2.24, 2.45) is 0 Å². The fourth-order valence-corrected chi connectivity index (χ4v) is 13.2. The summed E-state index contributed by atoms with van der Waals surface area (Å²) in [6.45, 7) is 2.15. The molecule has 0 radical (unpaired) electrons. The van der Waals surface area contributed by atoms with Crippen LogP contribution < -0.4 is 15.9 Å². The number of fused-ring (bicyclic) bond motifs is 12. The molecular weight excluding hydrogens is 766 g/mol. The lowest BCUT2D eigenvalue weighted by Gasteiger charge is -2.25. The predicted octanol–water partition coefficient (Wildman–Crippen LogP) is 13.0. The van der Waals surface area contributed by atoms with E-state index in [0.29, 0.717) is 0 Å². The van der Waals surface area contributed by atoms with Crippen LogP contribution >= 0.6 is 6.04 Å². The van der Waals surface area contributed by atoms with Crippen molar-refractivity contribution in [1.82, 2.24) is 14.4 Å². The highest BCUT2D eigenvalue weighted by Gasteiger charge is 2.25. The third kappa shape index (κ3) is 5.38. The normalized spacial score (nSPS) is 12.9. The third-order valence-electron chi connectivity index (χ3n) is 12.3. The van der Waals surface area contributed by atoms with Gasteiger partial charge in [-0.3, -0.25) is 9.38 Å². The average Bonchev–Trinajstić information content (AvgIpc) is 3.70. The van der Waals surface area contributed by atoms with Crippen molar-refractivity contribution < 1.29 is 0 Å². The molecule has 0 saturated heterocycles. The van der Waals surface area contributed by atoms with Crippen LogP contribution in [0, 0.1) is 6.92 Å². The molecule has 0 aliphatic carbocycles. The van der Waals surface area contributed by atoms with Crippen LogP contribution in [-0.2, 0) is 11.8 Å². The van der Waals surface area contributed by atoms with Gasteiger partial charge in [0.1, 0.15) is 5.65 Å². The number of hydrogen-bond donors (Lipinski definition) is 0. The van der Waals surface area contributed by atoms with E-state index < -0.39 is 6.04 Å². The zero-order chi connectivity index (χ0) is 40.0. The van der Waals surface area contributed by atoms with Crippen LogP contribution in [-0.4, -0.2) is 14.4 Å². The summed E-state index contributed by atoms with van der Waals surface area (Å²) in [5, 5.41) is 14.3. The Morgan fingerprint density at radius 2 is 1.15 bits per heavy atom. The topological polar surface area (TPSA) is 30.2 Å². The van der Waals surface area contributed by atoms with Crippen LogP contribution in [0.3, 0.4) is 0 Å². The first-order valence-electron chi connectivity index (χ1n) is 20.3. The zero-order valence-corrected chi connectivity index (χ0v) is 34.5. The molecule has 60 heavy (non-hydrogen) atoms. The Morgan fingerprint density at radius 1 is 0.450 bits per heavy atom. The minimum absolute atomic E-state index is 0.961. The molecule has 5 heteroatoms. The van der Waals surface area contributed by atoms with E-state index in [1.165, 1.54) is 70.3 Å². The maximum Gasteiger partial charge on any atom is 0.146 e. The number of rotatable bonds is 5. The Hall–Kier alpha value is -6.97. The summed E-state index contributed by atoms with van der Waals surface area (Å²) >= 11 is 6.75. The van der Waals surface area contributed by atoms with Crippen molar-refractivity contribution in [3.8, 4) is 22.3 Å². The number of imidazole rings is 1. The van der Waals surface area contributed by atoms with Crippen molar-refractivity contribution in [2.45, 2.75) is 6.92 Å². The SMILES string of the molecule is Cc1cccc(P(=S)(c2ccccc2)c2ccc3cc(-c4ccc5c(c4)c4c6ccccc6ccc4c4nc6ccc(-c7cncc8ccccc78)cc6n54)ccc3c2)c1. The summed E-state index contributed by atoms with van der Waals surface area (Å²) in [6.07, 6.45) is 3.91. The number of aromatic nitrogens is 3. The monoisotopic (exact) mass is 801 g/mol. The van der Waals surface area contributed by atoms with Gasteiger partial charge >= 0.3 is 0 Å². The Labute approximate surface area is 352 Å². The van der Waals surface area contributed by atoms with Crippen molar-refractivity contribution in [3.05, 3.63) is 206 Å². The van der Waals surface area contributed by atoms with Gasteiger partial charge in [-0.1, -0.05) is 163 Å². The first-order valence-corrected chi connectivity index (χ1v) is 23.1. The van der Waals surface area contributed by atoms with Crippen molar-refractivity contribution in [3.63, 3.8) is 0 Å². The maximum atomic E-state index is 6.75. The minimum Gasteiger partial charge on any atom is -0.292 e. The van der Waals surface area contributed by atoms with E-state index in [0.717, 1.165) is 44.1 Å². The summed E-state index contributed by atoms with van der Waals surface area (Å²) in [6, 6.07) is 66.1. The molecule has 12 rings (SSSR count). The smallest absolute Gasteiger partial charge is 0.146 e. The van der Waals surface area contributed by atoms with Crippen LogP contribution in [0.1, 0.15) is 5.56 Å². The molecule has 12 aromatic rings. The number of hydrogen-bond acceptors (Lipinski definition) is 3. The summed E-state index contributed by atoms with van der Waals surface area (Å²) in [7, 11) is 0. The number of benzene rings is 9. The molecule has 0 aliphatic rings. The maximum absolute atomic E-state index is 6.75. The third-order valence-corrected chi connectivity index (χ3v) is 17.2. The van der Waals surface area contributed by atoms with Crippen LogP contribution in [0.4, 0.5) is 0 Å². The van der Waals surface area contributed by atoms with Crippen molar-refractivity contribution in [2.75, 3.05) is 0 Å². The summed E-state index contributed by atoms with van der Waals surface area (Å²) < 4.78 is 2.36. The van der Waals surface area contributed by atoms with Gasteiger partial charge < -0.3 is 0 Å². The molecule has 0 fully saturated rings. The highest BCUT2D eigenvalue weighted by atomic mass is 32.4. The average molecular weight is 802 g/mol. The lowest BCUT2D eigenvalue weighted by atomic mass is 9.95. The number of pyridine rings is 2. The lowest BCUT2D eigenvalue weighted by molar-refractivity contribution is 1.31. The fraction of sp³-hybridized carbons (Fsp3) is 0.0182. The van der Waals surface area contributed by atoms with E-state index in [-0.39, 0.29) is 0 Å². The second-order valence-electron chi connectivity index (χ2n) is 15.9. The van der Waals surface area contributed by atoms with Crippen LogP contribution in [0.25, 0.3) is 92.9 Å². The molecule has 3 heterocycles. The molecule has 3 aromatic heterocycles. The Bertz CT molecular complexity index is 3770. The van der Waals surface area contributed by atoms with Gasteiger partial charge in [0.15, 0.2) is 0 Å². The molecule has 9 aromatic carbocycles. The first-order chi connectivity index (χ1) is 29.5. The van der Waals surface area contributed by atoms with Crippen molar-refractivity contribution >= 4 is 104 Å². The van der Waals surface area contributed by atoms with E-state index >= 15 is 0 Å². The largest absolute Gasteiger partial charge is 0.292 e. The molecule has 3 nitrogen and oxygen atoms in total. The molecule has 0 bridgehead atoms. The zero-order valence-electron chi connectivity index (χ0n) is 32.7. The van der Waals surface area contributed by atoms with E-state index in [4.69, 9.17) is 16.8 Å². The summed E-state index contributed by atoms with van der Waals surface area (Å²) in [5.41, 5.74) is 9.93. The predicted molar refractivity (Wildman–Crippen MR) is 260 cm³/mol. The minimum atomic E-state index is -2.29. The molecular formula is C55H36N3PS. The van der Waals surface area contributed by atoms with Gasteiger partial charge in [-0.2, -0.15) is 0 Å². The van der Waals surface area contributed by atoms with E-state index in [1.54, 1.807) is 0 Å². The first kappa shape index (κ1) is 35.0. The van der Waals surface area contributed by atoms with Gasteiger partial charge in [-0.25, -0.2) is 4.98 Å². The summed E-state index contributed by atoms with van der Waals surface area (Å²) in [4.78, 5) is 9.93. The van der Waals surface area contributed by atoms with Crippen LogP contribution in [0.2, 0.25) is 0 Å². The summed E-state index contributed by atoms with van der Waals surface area (Å²) in [5.74, 6) is 0. The molecule has 0 aliphatic heterocycles. The van der Waals surface area contributed by atoms with Gasteiger partial charge in [0.25, 0.3) is 0 Å². The molecule has 1 atom stereocenters. The van der Waals surface area contributed by atoms with Crippen LogP contribution in [0.15, 0.2) is 200 Å². The Morgan fingerprint density at radius 3 is 2.03 bits per heavy atom. The molecule has 282 valence electrons. The Kier molecular flexibility index (Phi) is 7.90. The van der Waals surface area contributed by atoms with Gasteiger partial charge in [0.2, 0.25) is 0 Å². The van der Waals surface area contributed by atoms with E-state index in [9.17, 15) is 0 Å². The second-order valence-corrected chi connectivity index (χ2v) is 20.3. The molecule has 1 unspecified atom stereocenters. The van der Waals surface area contributed by atoms with Gasteiger partial charge in [-0.05, 0) is 109 Å². The Balaban J connectivity index is 1.05. The molecule has 0 N–H and O–H groups in total. The quantitative estimate of drug-likeness (QED) is 0.128.